The molecule has 1 atom stereocenters. The van der Waals surface area contributed by atoms with E-state index in [-0.39, 0.29) is 24.2 Å². The van der Waals surface area contributed by atoms with E-state index in [1.807, 2.05) is 43.3 Å². The molecule has 27 heavy (non-hydrogen) atoms. The lowest BCUT2D eigenvalue weighted by Crippen LogP contribution is -2.34. The van der Waals surface area contributed by atoms with Crippen molar-refractivity contribution in [3.05, 3.63) is 58.6 Å². The fourth-order valence-electron chi connectivity index (χ4n) is 3.42. The van der Waals surface area contributed by atoms with Gasteiger partial charge in [0.15, 0.2) is 0 Å². The predicted octanol–water partition coefficient (Wildman–Crippen LogP) is 3.67. The van der Waals surface area contributed by atoms with Crippen molar-refractivity contribution in [1.82, 2.24) is 4.90 Å². The minimum atomic E-state index is -0.369. The average Bonchev–Trinajstić information content (AvgIpc) is 3.02. The Labute approximate surface area is 164 Å². The third-order valence-electron chi connectivity index (χ3n) is 4.78. The van der Waals surface area contributed by atoms with Gasteiger partial charge in [0.1, 0.15) is 5.75 Å². The maximum atomic E-state index is 12.9. The Morgan fingerprint density at radius 3 is 2.78 bits per heavy atom. The molecular formula is C21H23ClN2O3. The summed E-state index contributed by atoms with van der Waals surface area (Å²) in [5, 5.41) is 0.641. The van der Waals surface area contributed by atoms with Crippen LogP contribution in [0.1, 0.15) is 17.5 Å². The van der Waals surface area contributed by atoms with Gasteiger partial charge in [-0.3, -0.25) is 9.59 Å². The molecule has 3 rings (SSSR count). The number of rotatable bonds is 5. The van der Waals surface area contributed by atoms with Gasteiger partial charge in [-0.25, -0.2) is 0 Å². The zero-order chi connectivity index (χ0) is 19.6. The van der Waals surface area contributed by atoms with Crippen molar-refractivity contribution in [2.75, 3.05) is 25.6 Å². The summed E-state index contributed by atoms with van der Waals surface area (Å²) in [6, 6.07) is 13.1. The Morgan fingerprint density at radius 1 is 1.30 bits per heavy atom. The van der Waals surface area contributed by atoms with E-state index in [9.17, 15) is 9.59 Å². The Kier molecular flexibility index (Phi) is 5.71. The molecule has 1 aliphatic heterocycles. The highest BCUT2D eigenvalue weighted by molar-refractivity contribution is 6.30. The summed E-state index contributed by atoms with van der Waals surface area (Å²) in [6.07, 6.45) is 0.204. The van der Waals surface area contributed by atoms with E-state index in [2.05, 4.69) is 0 Å². The quantitative estimate of drug-likeness (QED) is 0.787. The van der Waals surface area contributed by atoms with E-state index in [0.29, 0.717) is 23.9 Å². The molecule has 1 fully saturated rings. The lowest BCUT2D eigenvalue weighted by atomic mass is 10.1. The molecule has 1 unspecified atom stereocenters. The van der Waals surface area contributed by atoms with Crippen LogP contribution in [0.5, 0.6) is 5.75 Å². The summed E-state index contributed by atoms with van der Waals surface area (Å²) in [7, 11) is 3.33. The third-order valence-corrected chi connectivity index (χ3v) is 5.02. The molecule has 0 aromatic heterocycles. The molecule has 2 aromatic rings. The molecule has 0 aliphatic carbocycles. The van der Waals surface area contributed by atoms with Crippen LogP contribution in [0.2, 0.25) is 5.02 Å². The largest absolute Gasteiger partial charge is 0.495 e. The number of ether oxygens (including phenoxy) is 1. The summed E-state index contributed by atoms with van der Waals surface area (Å²) >= 11 is 6.02. The van der Waals surface area contributed by atoms with Crippen molar-refractivity contribution in [3.63, 3.8) is 0 Å². The lowest BCUT2D eigenvalue weighted by molar-refractivity contribution is -0.135. The van der Waals surface area contributed by atoms with Crippen LogP contribution in [0.4, 0.5) is 5.69 Å². The first kappa shape index (κ1) is 19.2. The standard InChI is InChI=1S/C21H23ClN2O3/c1-14-7-8-19(27-3)18(9-14)24-13-16(11-20(24)25)21(26)23(2)12-15-5-4-6-17(22)10-15/h4-10,16H,11-13H2,1-3H3. The fraction of sp³-hybridized carbons (Fsp3) is 0.333. The highest BCUT2D eigenvalue weighted by Crippen LogP contribution is 2.34. The van der Waals surface area contributed by atoms with Gasteiger partial charge in [-0.1, -0.05) is 29.8 Å². The van der Waals surface area contributed by atoms with Crippen molar-refractivity contribution >= 4 is 29.1 Å². The second-order valence-electron chi connectivity index (χ2n) is 6.90. The van der Waals surface area contributed by atoms with E-state index in [0.717, 1.165) is 16.8 Å². The first-order chi connectivity index (χ1) is 12.9. The summed E-state index contributed by atoms with van der Waals surface area (Å²) in [4.78, 5) is 28.7. The van der Waals surface area contributed by atoms with Crippen molar-refractivity contribution in [2.24, 2.45) is 5.92 Å². The fourth-order valence-corrected chi connectivity index (χ4v) is 3.63. The van der Waals surface area contributed by atoms with Gasteiger partial charge in [0.25, 0.3) is 0 Å². The van der Waals surface area contributed by atoms with Gasteiger partial charge < -0.3 is 14.5 Å². The third kappa shape index (κ3) is 4.25. The molecule has 6 heteroatoms. The van der Waals surface area contributed by atoms with E-state index in [1.165, 1.54) is 0 Å². The summed E-state index contributed by atoms with van der Waals surface area (Å²) in [5.41, 5.74) is 2.71. The number of benzene rings is 2. The number of hydrogen-bond donors (Lipinski definition) is 0. The van der Waals surface area contributed by atoms with Crippen LogP contribution in [-0.2, 0) is 16.1 Å². The Hall–Kier alpha value is -2.53. The normalized spacial score (nSPS) is 16.5. The number of carbonyl (C=O) groups is 2. The Morgan fingerprint density at radius 2 is 2.07 bits per heavy atom. The first-order valence-corrected chi connectivity index (χ1v) is 9.21. The second-order valence-corrected chi connectivity index (χ2v) is 7.34. The van der Waals surface area contributed by atoms with Gasteiger partial charge in [0, 0.05) is 31.6 Å². The van der Waals surface area contributed by atoms with Crippen LogP contribution in [0.3, 0.4) is 0 Å². The maximum absolute atomic E-state index is 12.9. The molecule has 2 aromatic carbocycles. The molecule has 1 aliphatic rings. The monoisotopic (exact) mass is 386 g/mol. The average molecular weight is 387 g/mol. The molecule has 1 heterocycles. The molecular weight excluding hydrogens is 364 g/mol. The highest BCUT2D eigenvalue weighted by atomic mass is 35.5. The van der Waals surface area contributed by atoms with Crippen LogP contribution < -0.4 is 9.64 Å². The van der Waals surface area contributed by atoms with Crippen LogP contribution >= 0.6 is 11.6 Å². The SMILES string of the molecule is COc1ccc(C)cc1N1CC(C(=O)N(C)Cc2cccc(Cl)c2)CC1=O. The molecule has 0 saturated carbocycles. The molecule has 2 amide bonds. The van der Waals surface area contributed by atoms with Crippen molar-refractivity contribution in [1.29, 1.82) is 0 Å². The molecule has 0 radical (unpaired) electrons. The number of amides is 2. The Balaban J connectivity index is 1.73. The molecule has 5 nitrogen and oxygen atoms in total. The number of nitrogens with zero attached hydrogens (tertiary/aromatic N) is 2. The maximum Gasteiger partial charge on any atom is 0.228 e. The van der Waals surface area contributed by atoms with Gasteiger partial charge in [-0.05, 0) is 42.3 Å². The van der Waals surface area contributed by atoms with Crippen LogP contribution in [0, 0.1) is 12.8 Å². The molecule has 0 N–H and O–H groups in total. The van der Waals surface area contributed by atoms with E-state index in [4.69, 9.17) is 16.3 Å². The lowest BCUT2D eigenvalue weighted by Gasteiger charge is -2.22. The van der Waals surface area contributed by atoms with Gasteiger partial charge in [-0.15, -0.1) is 0 Å². The number of halogens is 1. The summed E-state index contributed by atoms with van der Waals surface area (Å²) in [6.45, 7) is 2.78. The number of methoxy groups -OCH3 is 1. The molecule has 1 saturated heterocycles. The van der Waals surface area contributed by atoms with Crippen LogP contribution in [0.15, 0.2) is 42.5 Å². The van der Waals surface area contributed by atoms with E-state index < -0.39 is 0 Å². The first-order valence-electron chi connectivity index (χ1n) is 8.83. The smallest absolute Gasteiger partial charge is 0.228 e. The van der Waals surface area contributed by atoms with Crippen LogP contribution in [-0.4, -0.2) is 37.4 Å². The second kappa shape index (κ2) is 8.01. The van der Waals surface area contributed by atoms with E-state index in [1.54, 1.807) is 30.0 Å². The topological polar surface area (TPSA) is 49.9 Å². The molecule has 0 spiro atoms. The minimum Gasteiger partial charge on any atom is -0.495 e. The minimum absolute atomic E-state index is 0.0440. The van der Waals surface area contributed by atoms with Gasteiger partial charge in [-0.2, -0.15) is 0 Å². The summed E-state index contributed by atoms with van der Waals surface area (Å²) in [5.74, 6) is 0.159. The van der Waals surface area contributed by atoms with Gasteiger partial charge in [0.2, 0.25) is 11.8 Å². The Bertz CT molecular complexity index is 868. The number of carbonyl (C=O) groups excluding carboxylic acids is 2. The van der Waals surface area contributed by atoms with Gasteiger partial charge >= 0.3 is 0 Å². The zero-order valence-electron chi connectivity index (χ0n) is 15.7. The molecule has 0 bridgehead atoms. The molecule has 142 valence electrons. The number of anilines is 1. The van der Waals surface area contributed by atoms with Gasteiger partial charge in [0.05, 0.1) is 18.7 Å². The number of aryl methyl sites for hydroxylation is 1. The zero-order valence-corrected chi connectivity index (χ0v) is 16.5. The van der Waals surface area contributed by atoms with Crippen molar-refractivity contribution < 1.29 is 14.3 Å². The van der Waals surface area contributed by atoms with Crippen molar-refractivity contribution in [2.45, 2.75) is 19.9 Å². The van der Waals surface area contributed by atoms with Crippen molar-refractivity contribution in [3.8, 4) is 5.75 Å². The number of hydrogen-bond acceptors (Lipinski definition) is 3. The predicted molar refractivity (Wildman–Crippen MR) is 106 cm³/mol. The highest BCUT2D eigenvalue weighted by Gasteiger charge is 2.37. The van der Waals surface area contributed by atoms with Crippen LogP contribution in [0.25, 0.3) is 0 Å². The summed E-state index contributed by atoms with van der Waals surface area (Å²) < 4.78 is 5.39. The van der Waals surface area contributed by atoms with E-state index >= 15 is 0 Å².